The molecule has 0 radical (unpaired) electrons. The van der Waals surface area contributed by atoms with Crippen molar-refractivity contribution in [1.29, 1.82) is 0 Å². The van der Waals surface area contributed by atoms with Gasteiger partial charge in [0.25, 0.3) is 5.91 Å². The van der Waals surface area contributed by atoms with E-state index in [-0.39, 0.29) is 41.4 Å². The molecule has 2 amide bonds. The number of pyridine rings is 1. The molecule has 0 spiro atoms. The number of benzene rings is 2. The summed E-state index contributed by atoms with van der Waals surface area (Å²) in [7, 11) is 1.89. The molecular weight excluding hydrogens is 694 g/mol. The Bertz CT molecular complexity index is 1990. The van der Waals surface area contributed by atoms with E-state index in [4.69, 9.17) is 26.1 Å². The average molecular weight is 742 g/mol. The van der Waals surface area contributed by atoms with Gasteiger partial charge in [-0.1, -0.05) is 23.7 Å². The van der Waals surface area contributed by atoms with Crippen LogP contribution in [0.15, 0.2) is 30.3 Å². The molecule has 13 heteroatoms. The summed E-state index contributed by atoms with van der Waals surface area (Å²) in [5.41, 5.74) is 4.68. The zero-order valence-electron chi connectivity index (χ0n) is 30.4. The number of hydrogen-bond acceptors (Lipinski definition) is 10. The van der Waals surface area contributed by atoms with Crippen LogP contribution in [-0.4, -0.2) is 115 Å². The lowest BCUT2D eigenvalue weighted by Crippen LogP contribution is -2.66. The molecule has 10 rings (SSSR count). The minimum atomic E-state index is -0.264. The molecule has 8 heterocycles. The first-order valence-electron chi connectivity index (χ1n) is 19.6. The maximum Gasteiger partial charge on any atom is 0.409 e. The number of phenolic OH excluding ortho intramolecular Hbond substituents is 1. The van der Waals surface area contributed by atoms with Crippen molar-refractivity contribution in [2.75, 3.05) is 67.7 Å². The number of phenols is 1. The molecule has 5 unspecified atom stereocenters. The fraction of sp³-hybridized carbons (Fsp3) is 0.575. The molecule has 5 atom stereocenters. The van der Waals surface area contributed by atoms with Gasteiger partial charge in [-0.25, -0.2) is 9.78 Å². The first kappa shape index (κ1) is 33.6. The molecule has 280 valence electrons. The number of anilines is 3. The maximum atomic E-state index is 14.2. The van der Waals surface area contributed by atoms with E-state index in [0.717, 1.165) is 117 Å². The number of carbonyl (C=O) groups excluding carboxylic acids is 2. The molecule has 2 N–H and O–H groups in total. The van der Waals surface area contributed by atoms with E-state index in [0.29, 0.717) is 43.2 Å². The second-order valence-corrected chi connectivity index (χ2v) is 16.7. The van der Waals surface area contributed by atoms with Crippen LogP contribution >= 0.6 is 11.6 Å². The molecule has 12 nitrogen and oxygen atoms in total. The summed E-state index contributed by atoms with van der Waals surface area (Å²) in [5.74, 6) is 0.787. The number of piperazine rings is 1. The highest BCUT2D eigenvalue weighted by Gasteiger charge is 2.53. The van der Waals surface area contributed by atoms with Crippen molar-refractivity contribution in [2.24, 2.45) is 0 Å². The third-order valence-corrected chi connectivity index (χ3v) is 13.7. The van der Waals surface area contributed by atoms with Crippen LogP contribution in [0.2, 0.25) is 5.02 Å². The summed E-state index contributed by atoms with van der Waals surface area (Å²) >= 11 is 6.79. The molecule has 7 aliphatic rings. The van der Waals surface area contributed by atoms with Gasteiger partial charge in [0.1, 0.15) is 30.7 Å². The molecule has 2 aromatic carbocycles. The summed E-state index contributed by atoms with van der Waals surface area (Å²) < 4.78 is 12.8. The van der Waals surface area contributed by atoms with Gasteiger partial charge in [-0.15, -0.1) is 0 Å². The predicted octanol–water partition coefficient (Wildman–Crippen LogP) is 5.05. The number of aromatic nitrogens is 1. The normalized spacial score (nSPS) is 29.1. The average Bonchev–Trinajstić information content (AvgIpc) is 3.97. The summed E-state index contributed by atoms with van der Waals surface area (Å²) in [6, 6.07) is 9.70. The Kier molecular flexibility index (Phi) is 8.11. The number of likely N-dealkylation sites (N-methyl/N-ethyl adjacent to an activating group) is 1. The quantitative estimate of drug-likeness (QED) is 0.356. The van der Waals surface area contributed by atoms with Crippen LogP contribution in [0.25, 0.3) is 10.8 Å². The van der Waals surface area contributed by atoms with E-state index in [9.17, 15) is 14.7 Å². The fourth-order valence-electron chi connectivity index (χ4n) is 10.8. The molecule has 1 aromatic heterocycles. The SMILES string of the molecule is CN1C(=O)C2C3CCC(CN2c2c4c(nc(OCC56CCCN5C(COC(=O)N5CCCC5)CC6)c21)CN(c1cc(O)cc2cccc(Cl)c12)CC4)N3. The molecule has 0 saturated carbocycles. The molecule has 5 fully saturated rings. The number of hydrogen-bond donors (Lipinski definition) is 2. The topological polar surface area (TPSA) is 114 Å². The van der Waals surface area contributed by atoms with E-state index in [2.05, 4.69) is 20.0 Å². The van der Waals surface area contributed by atoms with Gasteiger partial charge in [-0.05, 0) is 81.9 Å². The van der Waals surface area contributed by atoms with Crippen LogP contribution in [0.1, 0.15) is 62.6 Å². The Balaban J connectivity index is 0.993. The Morgan fingerprint density at radius 3 is 2.81 bits per heavy atom. The van der Waals surface area contributed by atoms with E-state index in [1.807, 2.05) is 35.0 Å². The van der Waals surface area contributed by atoms with Gasteiger partial charge in [0.05, 0.1) is 34.2 Å². The number of nitrogens with one attached hydrogen (secondary N) is 1. The molecular formula is C40H48ClN7O5. The smallest absolute Gasteiger partial charge is 0.409 e. The second-order valence-electron chi connectivity index (χ2n) is 16.3. The van der Waals surface area contributed by atoms with Crippen molar-refractivity contribution in [3.05, 3.63) is 46.6 Å². The van der Waals surface area contributed by atoms with E-state index in [1.165, 1.54) is 5.56 Å². The number of fused-ring (bicyclic) bond motifs is 10. The van der Waals surface area contributed by atoms with Gasteiger partial charge in [0, 0.05) is 68.4 Å². The van der Waals surface area contributed by atoms with Gasteiger partial charge in [0.15, 0.2) is 0 Å². The van der Waals surface area contributed by atoms with E-state index >= 15 is 0 Å². The molecule has 0 aliphatic carbocycles. The van der Waals surface area contributed by atoms with Crippen LogP contribution in [0.4, 0.5) is 21.9 Å². The van der Waals surface area contributed by atoms with Crippen LogP contribution in [0.5, 0.6) is 11.6 Å². The second kappa shape index (κ2) is 12.8. The Morgan fingerprint density at radius 2 is 1.94 bits per heavy atom. The number of likely N-dealkylation sites (tertiary alicyclic amines) is 1. The number of amides is 2. The number of halogens is 1. The van der Waals surface area contributed by atoms with E-state index < -0.39 is 0 Å². The van der Waals surface area contributed by atoms with Crippen molar-refractivity contribution in [1.82, 2.24) is 20.1 Å². The van der Waals surface area contributed by atoms with Crippen molar-refractivity contribution in [3.63, 3.8) is 0 Å². The highest BCUT2D eigenvalue weighted by atomic mass is 35.5. The standard InChI is InChI=1S/C40H48ClN7O5/c1-44-36-34(47-20-25-8-9-30(42-25)35(47)38(44)50)28-11-17-46(32-19-27(49)18-24-6-4-7-29(41)33(24)32)21-31(28)43-37(36)53-23-40-12-5-16-48(40)26(10-13-40)22-52-39(51)45-14-2-3-15-45/h4,6-7,18-19,25-26,30,35,42,49H,2-3,5,8-17,20-23H2,1H3. The minimum Gasteiger partial charge on any atom is -0.508 e. The first-order chi connectivity index (χ1) is 25.8. The number of aromatic hydroxyl groups is 1. The Labute approximate surface area is 314 Å². The first-order valence-corrected chi connectivity index (χ1v) is 20.0. The zero-order valence-corrected chi connectivity index (χ0v) is 31.1. The summed E-state index contributed by atoms with van der Waals surface area (Å²) in [4.78, 5) is 43.1. The van der Waals surface area contributed by atoms with Crippen LogP contribution in [-0.2, 0) is 22.5 Å². The third kappa shape index (κ3) is 5.41. The zero-order chi connectivity index (χ0) is 36.0. The van der Waals surface area contributed by atoms with Gasteiger partial charge in [-0.2, -0.15) is 0 Å². The largest absolute Gasteiger partial charge is 0.508 e. The number of ether oxygens (including phenoxy) is 2. The number of carbonyl (C=O) groups is 2. The van der Waals surface area contributed by atoms with Gasteiger partial charge in [0.2, 0.25) is 5.88 Å². The lowest BCUT2D eigenvalue weighted by molar-refractivity contribution is -0.120. The van der Waals surface area contributed by atoms with Crippen molar-refractivity contribution < 1.29 is 24.2 Å². The summed E-state index contributed by atoms with van der Waals surface area (Å²) in [5, 5.41) is 16.9. The van der Waals surface area contributed by atoms with Crippen LogP contribution in [0, 0.1) is 0 Å². The van der Waals surface area contributed by atoms with Crippen molar-refractivity contribution in [2.45, 2.75) is 94.0 Å². The molecule has 53 heavy (non-hydrogen) atoms. The highest BCUT2D eigenvalue weighted by Crippen LogP contribution is 2.51. The maximum absolute atomic E-state index is 14.2. The monoisotopic (exact) mass is 741 g/mol. The number of rotatable bonds is 6. The minimum absolute atomic E-state index is 0.0849. The van der Waals surface area contributed by atoms with Gasteiger partial charge < -0.3 is 39.5 Å². The molecule has 5 saturated heterocycles. The summed E-state index contributed by atoms with van der Waals surface area (Å²) in [6.45, 7) is 5.38. The fourth-order valence-corrected chi connectivity index (χ4v) is 11.1. The highest BCUT2D eigenvalue weighted by molar-refractivity contribution is 6.36. The third-order valence-electron chi connectivity index (χ3n) is 13.4. The molecule has 3 aromatic rings. The molecule has 2 bridgehead atoms. The van der Waals surface area contributed by atoms with Gasteiger partial charge in [-0.3, -0.25) is 9.69 Å². The summed E-state index contributed by atoms with van der Waals surface area (Å²) in [6.07, 6.45) is 8.66. The lowest BCUT2D eigenvalue weighted by atomic mass is 9.92. The Hall–Kier alpha value is -4.00. The lowest BCUT2D eigenvalue weighted by Gasteiger charge is -2.49. The van der Waals surface area contributed by atoms with Crippen molar-refractivity contribution in [3.8, 4) is 11.6 Å². The molecule has 7 aliphatic heterocycles. The predicted molar refractivity (Wildman–Crippen MR) is 203 cm³/mol. The van der Waals surface area contributed by atoms with E-state index in [1.54, 1.807) is 12.1 Å². The van der Waals surface area contributed by atoms with Crippen LogP contribution < -0.4 is 24.8 Å². The van der Waals surface area contributed by atoms with Gasteiger partial charge >= 0.3 is 6.09 Å². The number of nitrogens with zero attached hydrogens (tertiary/aromatic N) is 6. The van der Waals surface area contributed by atoms with Crippen molar-refractivity contribution >= 4 is 51.4 Å². The Morgan fingerprint density at radius 1 is 1.08 bits per heavy atom. The van der Waals surface area contributed by atoms with Crippen LogP contribution in [0.3, 0.4) is 0 Å².